The number of rotatable bonds is 4. The molecule has 0 amide bonds. The van der Waals surface area contributed by atoms with E-state index in [0.717, 1.165) is 30.6 Å². The van der Waals surface area contributed by atoms with E-state index in [4.69, 9.17) is 0 Å². The third-order valence-electron chi connectivity index (χ3n) is 4.75. The van der Waals surface area contributed by atoms with Crippen molar-refractivity contribution in [1.82, 2.24) is 15.2 Å². The number of nitrogens with one attached hydrogen (secondary N) is 1. The molecule has 0 spiro atoms. The summed E-state index contributed by atoms with van der Waals surface area (Å²) < 4.78 is 38.8. The number of alkyl halides is 3. The Kier molecular flexibility index (Phi) is 6.38. The van der Waals surface area contributed by atoms with Gasteiger partial charge in [-0.15, -0.1) is 0 Å². The molecule has 1 fully saturated rings. The summed E-state index contributed by atoms with van der Waals surface area (Å²) in [5.41, 5.74) is 1.15. The number of piperazine rings is 1. The zero-order chi connectivity index (χ0) is 20.0. The maximum absolute atomic E-state index is 12.9. The fourth-order valence-corrected chi connectivity index (χ4v) is 3.25. The van der Waals surface area contributed by atoms with Gasteiger partial charge in [0.25, 0.3) is 0 Å². The molecule has 150 valence electrons. The minimum atomic E-state index is -4.32. The third-order valence-corrected chi connectivity index (χ3v) is 4.75. The Labute approximate surface area is 162 Å². The molecule has 1 aromatic heterocycles. The van der Waals surface area contributed by atoms with Crippen molar-refractivity contribution >= 4 is 11.6 Å². The molecule has 1 aliphatic rings. The van der Waals surface area contributed by atoms with Crippen LogP contribution in [0, 0.1) is 0 Å². The largest absolute Gasteiger partial charge is 0.416 e. The van der Waals surface area contributed by atoms with Gasteiger partial charge in [-0.3, -0.25) is 9.98 Å². The Morgan fingerprint density at radius 3 is 2.57 bits per heavy atom. The fraction of sp³-hybridized carbons (Fsp3) is 0.400. The predicted molar refractivity (Wildman–Crippen MR) is 105 cm³/mol. The van der Waals surface area contributed by atoms with Crippen LogP contribution in [0.1, 0.15) is 11.1 Å². The summed E-state index contributed by atoms with van der Waals surface area (Å²) in [6.07, 6.45) is 0.118. The van der Waals surface area contributed by atoms with Crippen LogP contribution in [0.25, 0.3) is 0 Å². The molecule has 2 heterocycles. The van der Waals surface area contributed by atoms with Crippen LogP contribution in [0.3, 0.4) is 0 Å². The lowest BCUT2D eigenvalue weighted by Gasteiger charge is -2.37. The molecule has 1 aliphatic heterocycles. The molecule has 1 aromatic carbocycles. The van der Waals surface area contributed by atoms with Crippen molar-refractivity contribution in [1.29, 1.82) is 0 Å². The lowest BCUT2D eigenvalue weighted by molar-refractivity contribution is -0.137. The molecule has 0 bridgehead atoms. The van der Waals surface area contributed by atoms with E-state index in [-0.39, 0.29) is 0 Å². The van der Waals surface area contributed by atoms with Gasteiger partial charge in [0.15, 0.2) is 5.96 Å². The monoisotopic (exact) mass is 391 g/mol. The van der Waals surface area contributed by atoms with Crippen LogP contribution in [0.15, 0.2) is 53.8 Å². The number of benzene rings is 1. The molecule has 1 saturated heterocycles. The number of anilines is 1. The van der Waals surface area contributed by atoms with E-state index in [2.05, 4.69) is 20.2 Å². The maximum Gasteiger partial charge on any atom is 0.416 e. The van der Waals surface area contributed by atoms with Crippen molar-refractivity contribution in [3.8, 4) is 0 Å². The second-order valence-corrected chi connectivity index (χ2v) is 6.61. The molecule has 0 unspecified atom stereocenters. The van der Waals surface area contributed by atoms with Gasteiger partial charge in [-0.2, -0.15) is 13.2 Å². The lowest BCUT2D eigenvalue weighted by atomic mass is 10.1. The molecule has 5 nitrogen and oxygen atoms in total. The van der Waals surface area contributed by atoms with E-state index in [1.807, 2.05) is 23.2 Å². The van der Waals surface area contributed by atoms with E-state index in [1.54, 1.807) is 19.3 Å². The van der Waals surface area contributed by atoms with E-state index in [0.29, 0.717) is 31.9 Å². The molecule has 3 rings (SSSR count). The molecule has 2 aromatic rings. The smallest absolute Gasteiger partial charge is 0.368 e. The number of pyridine rings is 1. The standard InChI is InChI=1S/C20H24F3N5/c1-24-19(26-9-7-16-4-3-8-25-15-16)28-12-10-27(11-13-28)18-6-2-5-17(14-18)20(21,22)23/h2-6,8,14-15H,7,9-13H2,1H3,(H,24,26). The summed E-state index contributed by atoms with van der Waals surface area (Å²) in [7, 11) is 1.74. The number of guanidine groups is 1. The van der Waals surface area contributed by atoms with Crippen molar-refractivity contribution in [2.45, 2.75) is 12.6 Å². The molecular weight excluding hydrogens is 367 g/mol. The Morgan fingerprint density at radius 1 is 1.14 bits per heavy atom. The summed E-state index contributed by atoms with van der Waals surface area (Å²) in [6, 6.07) is 9.46. The summed E-state index contributed by atoms with van der Waals surface area (Å²) in [6.45, 7) is 3.42. The summed E-state index contributed by atoms with van der Waals surface area (Å²) >= 11 is 0. The van der Waals surface area contributed by atoms with Crippen LogP contribution in [0.2, 0.25) is 0 Å². The Morgan fingerprint density at radius 2 is 1.93 bits per heavy atom. The molecule has 0 aliphatic carbocycles. The quantitative estimate of drug-likeness (QED) is 0.643. The number of aromatic nitrogens is 1. The number of halogens is 3. The molecule has 28 heavy (non-hydrogen) atoms. The predicted octanol–water partition coefficient (Wildman–Crippen LogP) is 3.04. The molecule has 0 atom stereocenters. The highest BCUT2D eigenvalue weighted by atomic mass is 19.4. The molecule has 8 heteroatoms. The molecular formula is C20H24F3N5. The van der Waals surface area contributed by atoms with E-state index >= 15 is 0 Å². The average molecular weight is 391 g/mol. The SMILES string of the molecule is CN=C(NCCc1cccnc1)N1CCN(c2cccc(C(F)(F)F)c2)CC1. The van der Waals surface area contributed by atoms with Gasteiger partial charge in [-0.05, 0) is 36.2 Å². The number of aliphatic imine (C=N–C) groups is 1. The van der Waals surface area contributed by atoms with E-state index in [9.17, 15) is 13.2 Å². The van der Waals surface area contributed by atoms with Crippen molar-refractivity contribution in [3.63, 3.8) is 0 Å². The molecule has 1 N–H and O–H groups in total. The van der Waals surface area contributed by atoms with Gasteiger partial charge in [0.05, 0.1) is 5.56 Å². The lowest BCUT2D eigenvalue weighted by Crippen LogP contribution is -2.52. The van der Waals surface area contributed by atoms with Gasteiger partial charge in [0.2, 0.25) is 0 Å². The summed E-state index contributed by atoms with van der Waals surface area (Å²) in [5, 5.41) is 3.35. The summed E-state index contributed by atoms with van der Waals surface area (Å²) in [5.74, 6) is 0.813. The number of hydrogen-bond acceptors (Lipinski definition) is 3. The number of nitrogens with zero attached hydrogens (tertiary/aromatic N) is 4. The highest BCUT2D eigenvalue weighted by Gasteiger charge is 2.31. The maximum atomic E-state index is 12.9. The first-order valence-corrected chi connectivity index (χ1v) is 9.24. The van der Waals surface area contributed by atoms with Crippen LogP contribution in [-0.4, -0.2) is 55.6 Å². The van der Waals surface area contributed by atoms with Gasteiger partial charge in [-0.25, -0.2) is 0 Å². The second-order valence-electron chi connectivity index (χ2n) is 6.61. The van der Waals surface area contributed by atoms with Crippen molar-refractivity contribution in [2.24, 2.45) is 4.99 Å². The second kappa shape index (κ2) is 8.95. The fourth-order valence-electron chi connectivity index (χ4n) is 3.25. The highest BCUT2D eigenvalue weighted by molar-refractivity contribution is 5.80. The van der Waals surface area contributed by atoms with Gasteiger partial charge in [0.1, 0.15) is 0 Å². The molecule has 0 saturated carbocycles. The van der Waals surface area contributed by atoms with Gasteiger partial charge in [0, 0.05) is 57.9 Å². The first kappa shape index (κ1) is 20.0. The van der Waals surface area contributed by atoms with Crippen LogP contribution in [0.5, 0.6) is 0 Å². The van der Waals surface area contributed by atoms with Gasteiger partial charge >= 0.3 is 6.18 Å². The zero-order valence-electron chi connectivity index (χ0n) is 15.8. The first-order valence-electron chi connectivity index (χ1n) is 9.24. The minimum Gasteiger partial charge on any atom is -0.368 e. The van der Waals surface area contributed by atoms with Gasteiger partial charge < -0.3 is 15.1 Å². The number of hydrogen-bond donors (Lipinski definition) is 1. The van der Waals surface area contributed by atoms with Crippen LogP contribution in [0.4, 0.5) is 18.9 Å². The zero-order valence-corrected chi connectivity index (χ0v) is 15.8. The average Bonchev–Trinajstić information content (AvgIpc) is 2.72. The topological polar surface area (TPSA) is 43.8 Å². The van der Waals surface area contributed by atoms with Crippen molar-refractivity contribution in [3.05, 3.63) is 59.9 Å². The third kappa shape index (κ3) is 5.15. The van der Waals surface area contributed by atoms with E-state index < -0.39 is 11.7 Å². The van der Waals surface area contributed by atoms with Crippen molar-refractivity contribution in [2.75, 3.05) is 44.7 Å². The van der Waals surface area contributed by atoms with E-state index in [1.165, 1.54) is 12.1 Å². The summed E-state index contributed by atoms with van der Waals surface area (Å²) in [4.78, 5) is 12.6. The van der Waals surface area contributed by atoms with Crippen LogP contribution < -0.4 is 10.2 Å². The normalized spacial score (nSPS) is 15.6. The minimum absolute atomic E-state index is 0.606. The molecule has 0 radical (unpaired) electrons. The first-order chi connectivity index (χ1) is 13.5. The Bertz CT molecular complexity index is 784. The van der Waals surface area contributed by atoms with Crippen LogP contribution >= 0.6 is 0 Å². The Balaban J connectivity index is 1.52. The van der Waals surface area contributed by atoms with Gasteiger partial charge in [-0.1, -0.05) is 12.1 Å². The highest BCUT2D eigenvalue weighted by Crippen LogP contribution is 2.31. The van der Waals surface area contributed by atoms with Crippen molar-refractivity contribution < 1.29 is 13.2 Å². The Hall–Kier alpha value is -2.77. The van der Waals surface area contributed by atoms with Crippen LogP contribution in [-0.2, 0) is 12.6 Å².